The van der Waals surface area contributed by atoms with Crippen LogP contribution in [0.15, 0.2) is 36.4 Å². The SMILES string of the molecule is O=C(O)Nc1c(F)cccc1-c1ccc(F)c(Cl)c1. The second kappa shape index (κ2) is 5.24. The molecule has 0 atom stereocenters. The van der Waals surface area contributed by atoms with Gasteiger partial charge in [-0.15, -0.1) is 0 Å². The molecule has 0 aromatic heterocycles. The monoisotopic (exact) mass is 283 g/mol. The summed E-state index contributed by atoms with van der Waals surface area (Å²) in [5, 5.41) is 10.6. The van der Waals surface area contributed by atoms with E-state index in [1.807, 2.05) is 5.32 Å². The summed E-state index contributed by atoms with van der Waals surface area (Å²) in [7, 11) is 0. The quantitative estimate of drug-likeness (QED) is 0.859. The van der Waals surface area contributed by atoms with E-state index in [2.05, 4.69) is 0 Å². The first-order valence-corrected chi connectivity index (χ1v) is 5.60. The van der Waals surface area contributed by atoms with Gasteiger partial charge in [-0.05, 0) is 23.8 Å². The van der Waals surface area contributed by atoms with Crippen molar-refractivity contribution in [3.05, 3.63) is 53.1 Å². The van der Waals surface area contributed by atoms with Gasteiger partial charge in [0.05, 0.1) is 10.7 Å². The summed E-state index contributed by atoms with van der Waals surface area (Å²) < 4.78 is 26.7. The van der Waals surface area contributed by atoms with Crippen LogP contribution in [-0.4, -0.2) is 11.2 Å². The fourth-order valence-electron chi connectivity index (χ4n) is 1.66. The third-order valence-corrected chi connectivity index (χ3v) is 2.77. The van der Waals surface area contributed by atoms with E-state index in [0.717, 1.165) is 12.1 Å². The molecule has 0 radical (unpaired) electrons. The van der Waals surface area contributed by atoms with Gasteiger partial charge in [0.15, 0.2) is 0 Å². The van der Waals surface area contributed by atoms with Gasteiger partial charge in [-0.3, -0.25) is 5.32 Å². The van der Waals surface area contributed by atoms with Gasteiger partial charge in [0, 0.05) is 5.56 Å². The maximum absolute atomic E-state index is 13.6. The molecular formula is C13H8ClF2NO2. The van der Waals surface area contributed by atoms with Crippen LogP contribution in [0.2, 0.25) is 5.02 Å². The van der Waals surface area contributed by atoms with Gasteiger partial charge in [-0.1, -0.05) is 29.8 Å². The Balaban J connectivity index is 2.57. The molecule has 0 bridgehead atoms. The number of para-hydroxylation sites is 1. The van der Waals surface area contributed by atoms with Crippen LogP contribution < -0.4 is 5.32 Å². The number of amides is 1. The van der Waals surface area contributed by atoms with E-state index in [-0.39, 0.29) is 16.3 Å². The highest BCUT2D eigenvalue weighted by molar-refractivity contribution is 6.31. The van der Waals surface area contributed by atoms with Gasteiger partial charge in [-0.2, -0.15) is 0 Å². The van der Waals surface area contributed by atoms with Crippen LogP contribution in [-0.2, 0) is 0 Å². The van der Waals surface area contributed by atoms with Gasteiger partial charge in [-0.25, -0.2) is 13.6 Å². The Morgan fingerprint density at radius 2 is 1.89 bits per heavy atom. The summed E-state index contributed by atoms with van der Waals surface area (Å²) in [4.78, 5) is 10.7. The molecule has 98 valence electrons. The van der Waals surface area contributed by atoms with Crippen molar-refractivity contribution in [2.45, 2.75) is 0 Å². The lowest BCUT2D eigenvalue weighted by atomic mass is 10.0. The molecule has 1 amide bonds. The number of carbonyl (C=O) groups is 1. The van der Waals surface area contributed by atoms with Crippen LogP contribution in [0.25, 0.3) is 11.1 Å². The highest BCUT2D eigenvalue weighted by atomic mass is 35.5. The summed E-state index contributed by atoms with van der Waals surface area (Å²) in [6.45, 7) is 0. The van der Waals surface area contributed by atoms with E-state index in [1.165, 1.54) is 24.3 Å². The average Bonchev–Trinajstić information content (AvgIpc) is 2.35. The Labute approximate surface area is 112 Å². The van der Waals surface area contributed by atoms with Crippen LogP contribution in [0.5, 0.6) is 0 Å². The molecule has 2 aromatic rings. The summed E-state index contributed by atoms with van der Waals surface area (Å²) in [6, 6.07) is 7.89. The second-order valence-corrected chi connectivity index (χ2v) is 4.13. The van der Waals surface area contributed by atoms with Crippen LogP contribution >= 0.6 is 11.6 Å². The normalized spacial score (nSPS) is 10.3. The molecule has 0 heterocycles. The highest BCUT2D eigenvalue weighted by Gasteiger charge is 2.13. The van der Waals surface area contributed by atoms with E-state index in [0.29, 0.717) is 5.56 Å². The largest absolute Gasteiger partial charge is 0.465 e. The maximum atomic E-state index is 13.6. The molecule has 2 rings (SSSR count). The number of hydrogen-bond acceptors (Lipinski definition) is 1. The third kappa shape index (κ3) is 2.82. The molecule has 0 spiro atoms. The molecule has 6 heteroatoms. The third-order valence-electron chi connectivity index (χ3n) is 2.48. The molecule has 2 N–H and O–H groups in total. The molecule has 0 saturated carbocycles. The van der Waals surface area contributed by atoms with Gasteiger partial charge < -0.3 is 5.11 Å². The fraction of sp³-hybridized carbons (Fsp3) is 0. The molecule has 0 unspecified atom stereocenters. The zero-order valence-corrected chi connectivity index (χ0v) is 10.2. The Kier molecular flexibility index (Phi) is 3.66. The molecule has 0 aliphatic heterocycles. The predicted octanol–water partition coefficient (Wildman–Crippen LogP) is 4.38. The summed E-state index contributed by atoms with van der Waals surface area (Å²) in [5.74, 6) is -1.32. The van der Waals surface area contributed by atoms with Crippen molar-refractivity contribution < 1.29 is 18.7 Å². The summed E-state index contributed by atoms with van der Waals surface area (Å²) >= 11 is 5.66. The highest BCUT2D eigenvalue weighted by Crippen LogP contribution is 2.32. The minimum Gasteiger partial charge on any atom is -0.465 e. The molecule has 0 fully saturated rings. The molecule has 2 aromatic carbocycles. The van der Waals surface area contributed by atoms with Crippen LogP contribution in [0.3, 0.4) is 0 Å². The van der Waals surface area contributed by atoms with E-state index in [9.17, 15) is 13.6 Å². The van der Waals surface area contributed by atoms with Crippen LogP contribution in [0, 0.1) is 11.6 Å². The maximum Gasteiger partial charge on any atom is 0.409 e. The molecule has 0 saturated heterocycles. The topological polar surface area (TPSA) is 49.3 Å². The van der Waals surface area contributed by atoms with E-state index in [4.69, 9.17) is 16.7 Å². The van der Waals surface area contributed by atoms with Gasteiger partial charge in [0.2, 0.25) is 0 Å². The van der Waals surface area contributed by atoms with Crippen LogP contribution in [0.1, 0.15) is 0 Å². The van der Waals surface area contributed by atoms with Crippen molar-refractivity contribution in [2.24, 2.45) is 0 Å². The minimum absolute atomic E-state index is 0.122. The van der Waals surface area contributed by atoms with Crippen molar-refractivity contribution in [1.82, 2.24) is 0 Å². The molecular weight excluding hydrogens is 276 g/mol. The van der Waals surface area contributed by atoms with E-state index < -0.39 is 17.7 Å². The fourth-order valence-corrected chi connectivity index (χ4v) is 1.84. The second-order valence-electron chi connectivity index (χ2n) is 3.72. The first kappa shape index (κ1) is 13.3. The van der Waals surface area contributed by atoms with Crippen molar-refractivity contribution >= 4 is 23.4 Å². The predicted molar refractivity (Wildman–Crippen MR) is 68.5 cm³/mol. The zero-order chi connectivity index (χ0) is 14.0. The Morgan fingerprint density at radius 3 is 2.53 bits per heavy atom. The van der Waals surface area contributed by atoms with E-state index in [1.54, 1.807) is 0 Å². The number of hydrogen-bond donors (Lipinski definition) is 2. The number of anilines is 1. The first-order valence-electron chi connectivity index (χ1n) is 5.23. The van der Waals surface area contributed by atoms with Crippen molar-refractivity contribution in [3.8, 4) is 11.1 Å². The van der Waals surface area contributed by atoms with Crippen molar-refractivity contribution in [3.63, 3.8) is 0 Å². The summed E-state index contributed by atoms with van der Waals surface area (Å²) in [5.41, 5.74) is 0.497. The number of halogens is 3. The Bertz CT molecular complexity index is 647. The zero-order valence-electron chi connectivity index (χ0n) is 9.45. The van der Waals surface area contributed by atoms with Gasteiger partial charge in [0.1, 0.15) is 11.6 Å². The smallest absolute Gasteiger partial charge is 0.409 e. The Hall–Kier alpha value is -2.14. The van der Waals surface area contributed by atoms with Crippen LogP contribution in [0.4, 0.5) is 19.3 Å². The Morgan fingerprint density at radius 1 is 1.16 bits per heavy atom. The van der Waals surface area contributed by atoms with Gasteiger partial charge in [0.25, 0.3) is 0 Å². The minimum atomic E-state index is -1.39. The molecule has 3 nitrogen and oxygen atoms in total. The standard InChI is InChI=1S/C13H8ClF2NO2/c14-9-6-7(4-5-10(9)15)8-2-1-3-11(16)12(8)17-13(18)19/h1-6,17H,(H,18,19). The number of rotatable bonds is 2. The molecule has 0 aliphatic rings. The molecule has 19 heavy (non-hydrogen) atoms. The lowest BCUT2D eigenvalue weighted by Crippen LogP contribution is -2.10. The number of nitrogens with one attached hydrogen (secondary N) is 1. The van der Waals surface area contributed by atoms with Crippen molar-refractivity contribution in [1.29, 1.82) is 0 Å². The molecule has 0 aliphatic carbocycles. The van der Waals surface area contributed by atoms with Gasteiger partial charge >= 0.3 is 6.09 Å². The average molecular weight is 284 g/mol. The number of carboxylic acid groups (broad SMARTS) is 1. The lowest BCUT2D eigenvalue weighted by molar-refractivity contribution is 0.209. The first-order chi connectivity index (χ1) is 8.99. The van der Waals surface area contributed by atoms with Crippen molar-refractivity contribution in [2.75, 3.05) is 5.32 Å². The van der Waals surface area contributed by atoms with E-state index >= 15 is 0 Å². The number of benzene rings is 2. The summed E-state index contributed by atoms with van der Waals surface area (Å²) in [6.07, 6.45) is -1.39. The lowest BCUT2D eigenvalue weighted by Gasteiger charge is -2.10.